The van der Waals surface area contributed by atoms with E-state index in [1.54, 1.807) is 24.4 Å². The molecule has 0 atom stereocenters. The van der Waals surface area contributed by atoms with E-state index in [2.05, 4.69) is 20.2 Å². The monoisotopic (exact) mass is 566 g/mol. The highest BCUT2D eigenvalue weighted by Gasteiger charge is 2.13. The minimum Gasteiger partial charge on any atom is -0.295 e. The fourth-order valence-electron chi connectivity index (χ4n) is 4.47. The van der Waals surface area contributed by atoms with Crippen LogP contribution in [0.3, 0.4) is 0 Å². The van der Waals surface area contributed by atoms with Crippen LogP contribution in [0.2, 0.25) is 5.02 Å². The molecule has 0 aliphatic heterocycles. The normalized spacial score (nSPS) is 11.8. The molecular weight excluding hydrogens is 536 g/mol. The SMILES string of the molecule is Cc1ccc(-n2[nH]c(C)c(C=Nc3ccc(Cl)c(N=Cc4c(C)[nH]n(-c5ccc(C)c(C)c5)c4=O)c3)c2=O)cc1C. The van der Waals surface area contributed by atoms with Crippen molar-refractivity contribution in [2.24, 2.45) is 9.98 Å². The highest BCUT2D eigenvalue weighted by atomic mass is 35.5. The molecule has 2 N–H and O–H groups in total. The summed E-state index contributed by atoms with van der Waals surface area (Å²) in [6.45, 7) is 11.8. The summed E-state index contributed by atoms with van der Waals surface area (Å²) in [5.74, 6) is 0. The van der Waals surface area contributed by atoms with Crippen LogP contribution in [0.5, 0.6) is 0 Å². The van der Waals surface area contributed by atoms with E-state index in [1.165, 1.54) is 15.6 Å². The average molecular weight is 567 g/mol. The molecule has 0 aliphatic carbocycles. The highest BCUT2D eigenvalue weighted by molar-refractivity contribution is 6.33. The molecule has 0 amide bonds. The number of H-pyrrole nitrogens is 2. The molecule has 5 rings (SSSR count). The molecule has 3 aromatic carbocycles. The van der Waals surface area contributed by atoms with Crippen LogP contribution in [-0.2, 0) is 0 Å². The third-order valence-corrected chi connectivity index (χ3v) is 7.66. The average Bonchev–Trinajstić information content (AvgIpc) is 3.39. The fraction of sp³-hybridized carbons (Fsp3) is 0.188. The largest absolute Gasteiger partial charge is 0.295 e. The van der Waals surface area contributed by atoms with Gasteiger partial charge in [0, 0.05) is 23.8 Å². The Morgan fingerprint density at radius 3 is 1.61 bits per heavy atom. The molecule has 0 fully saturated rings. The summed E-state index contributed by atoms with van der Waals surface area (Å²) in [5, 5.41) is 6.68. The van der Waals surface area contributed by atoms with Crippen LogP contribution in [0.25, 0.3) is 11.4 Å². The minimum absolute atomic E-state index is 0.190. The number of hydrogen-bond donors (Lipinski definition) is 2. The third kappa shape index (κ3) is 5.51. The number of benzene rings is 3. The van der Waals surface area contributed by atoms with Crippen LogP contribution in [0.15, 0.2) is 74.2 Å². The van der Waals surface area contributed by atoms with Gasteiger partial charge in [-0.25, -0.2) is 9.36 Å². The van der Waals surface area contributed by atoms with E-state index in [0.29, 0.717) is 38.9 Å². The molecule has 41 heavy (non-hydrogen) atoms. The molecule has 5 aromatic rings. The maximum absolute atomic E-state index is 13.2. The molecule has 0 bridgehead atoms. The van der Waals surface area contributed by atoms with Crippen LogP contribution in [0, 0.1) is 41.5 Å². The zero-order valence-corrected chi connectivity index (χ0v) is 24.6. The van der Waals surface area contributed by atoms with Crippen molar-refractivity contribution in [1.29, 1.82) is 0 Å². The second-order valence-electron chi connectivity index (χ2n) is 10.3. The van der Waals surface area contributed by atoms with Gasteiger partial charge in [0.2, 0.25) is 0 Å². The second-order valence-corrected chi connectivity index (χ2v) is 10.7. The van der Waals surface area contributed by atoms with Gasteiger partial charge in [-0.1, -0.05) is 23.7 Å². The van der Waals surface area contributed by atoms with E-state index < -0.39 is 0 Å². The summed E-state index contributed by atoms with van der Waals surface area (Å²) in [4.78, 5) is 35.4. The van der Waals surface area contributed by atoms with Crippen molar-refractivity contribution in [3.05, 3.63) is 125 Å². The molecular formula is C32H31ClN6O2. The highest BCUT2D eigenvalue weighted by Crippen LogP contribution is 2.29. The number of hydrogen-bond acceptors (Lipinski definition) is 4. The van der Waals surface area contributed by atoms with E-state index >= 15 is 0 Å². The molecule has 2 heterocycles. The zero-order chi connectivity index (χ0) is 29.4. The van der Waals surface area contributed by atoms with Crippen molar-refractivity contribution < 1.29 is 0 Å². The number of halogens is 1. The first-order valence-corrected chi connectivity index (χ1v) is 13.6. The number of aryl methyl sites for hydroxylation is 6. The Hall–Kier alpha value is -4.69. The van der Waals surface area contributed by atoms with Gasteiger partial charge in [-0.3, -0.25) is 29.8 Å². The van der Waals surface area contributed by atoms with Gasteiger partial charge in [0.05, 0.1) is 38.9 Å². The summed E-state index contributed by atoms with van der Waals surface area (Å²) in [6, 6.07) is 16.9. The summed E-state index contributed by atoms with van der Waals surface area (Å²) in [6.07, 6.45) is 3.06. The number of aromatic nitrogens is 4. The predicted octanol–water partition coefficient (Wildman–Crippen LogP) is 6.65. The van der Waals surface area contributed by atoms with Gasteiger partial charge >= 0.3 is 0 Å². The molecule has 8 nitrogen and oxygen atoms in total. The van der Waals surface area contributed by atoms with Crippen molar-refractivity contribution in [2.45, 2.75) is 41.5 Å². The Kier molecular flexibility index (Phi) is 7.51. The van der Waals surface area contributed by atoms with Crippen LogP contribution >= 0.6 is 11.6 Å². The van der Waals surface area contributed by atoms with E-state index in [1.807, 2.05) is 77.9 Å². The van der Waals surface area contributed by atoms with Crippen LogP contribution < -0.4 is 11.1 Å². The first-order chi connectivity index (χ1) is 19.5. The van der Waals surface area contributed by atoms with Gasteiger partial charge in [0.25, 0.3) is 11.1 Å². The van der Waals surface area contributed by atoms with Gasteiger partial charge < -0.3 is 0 Å². The number of rotatable bonds is 6. The van der Waals surface area contributed by atoms with Crippen molar-refractivity contribution in [1.82, 2.24) is 19.6 Å². The van der Waals surface area contributed by atoms with Gasteiger partial charge in [-0.2, -0.15) is 0 Å². The van der Waals surface area contributed by atoms with E-state index in [-0.39, 0.29) is 11.1 Å². The number of nitrogens with zero attached hydrogens (tertiary/aromatic N) is 4. The van der Waals surface area contributed by atoms with Gasteiger partial charge in [-0.15, -0.1) is 0 Å². The lowest BCUT2D eigenvalue weighted by Crippen LogP contribution is -2.17. The van der Waals surface area contributed by atoms with Gasteiger partial charge in [0.15, 0.2) is 0 Å². The van der Waals surface area contributed by atoms with Crippen LogP contribution in [-0.4, -0.2) is 32.0 Å². The Bertz CT molecular complexity index is 1970. The molecule has 0 spiro atoms. The van der Waals surface area contributed by atoms with Crippen molar-refractivity contribution >= 4 is 35.4 Å². The van der Waals surface area contributed by atoms with Gasteiger partial charge in [-0.05, 0) is 106 Å². The minimum atomic E-state index is -0.206. The first-order valence-electron chi connectivity index (χ1n) is 13.2. The molecule has 0 saturated carbocycles. The number of nitrogens with one attached hydrogen (secondary N) is 2. The Morgan fingerprint density at radius 1 is 0.634 bits per heavy atom. The Morgan fingerprint density at radius 2 is 1.12 bits per heavy atom. The Balaban J connectivity index is 1.42. The molecule has 9 heteroatoms. The lowest BCUT2D eigenvalue weighted by atomic mass is 10.1. The van der Waals surface area contributed by atoms with Crippen molar-refractivity contribution in [3.8, 4) is 11.4 Å². The summed E-state index contributed by atoms with van der Waals surface area (Å²) >= 11 is 6.42. The Labute approximate surface area is 242 Å². The fourth-order valence-corrected chi connectivity index (χ4v) is 4.64. The maximum atomic E-state index is 13.2. The second kappa shape index (κ2) is 11.1. The lowest BCUT2D eigenvalue weighted by molar-refractivity contribution is 0.833. The molecule has 208 valence electrons. The quantitative estimate of drug-likeness (QED) is 0.225. The summed E-state index contributed by atoms with van der Waals surface area (Å²) < 4.78 is 3.03. The summed E-state index contributed by atoms with van der Waals surface area (Å²) in [5.41, 5.74) is 8.94. The van der Waals surface area contributed by atoms with Crippen LogP contribution in [0.4, 0.5) is 11.4 Å². The zero-order valence-electron chi connectivity index (χ0n) is 23.8. The van der Waals surface area contributed by atoms with Crippen molar-refractivity contribution in [2.75, 3.05) is 0 Å². The molecule has 0 radical (unpaired) electrons. The molecule has 0 aliphatic rings. The molecule has 2 aromatic heterocycles. The standard InChI is InChI=1S/C32H31ClN6O2/c1-18-7-10-25(13-20(18)3)38-31(40)27(22(5)36-38)16-34-24-9-12-29(33)30(15-24)35-17-28-23(6)37-39(32(28)41)26-11-8-19(2)21(4)14-26/h7-17,36-37H,1-6H3. The van der Waals surface area contributed by atoms with Gasteiger partial charge in [0.1, 0.15) is 0 Å². The number of aliphatic imine (C=N–C) groups is 2. The van der Waals surface area contributed by atoms with E-state index in [4.69, 9.17) is 11.6 Å². The molecule has 0 unspecified atom stereocenters. The topological polar surface area (TPSA) is 100 Å². The predicted molar refractivity (Wildman–Crippen MR) is 167 cm³/mol. The summed E-state index contributed by atoms with van der Waals surface area (Å²) in [7, 11) is 0. The lowest BCUT2D eigenvalue weighted by Gasteiger charge is -2.05. The van der Waals surface area contributed by atoms with Crippen LogP contribution in [0.1, 0.15) is 44.8 Å². The molecule has 0 saturated heterocycles. The van der Waals surface area contributed by atoms with E-state index in [9.17, 15) is 9.59 Å². The third-order valence-electron chi connectivity index (χ3n) is 7.34. The smallest absolute Gasteiger partial charge is 0.280 e. The number of aromatic amines is 2. The van der Waals surface area contributed by atoms with Crippen molar-refractivity contribution in [3.63, 3.8) is 0 Å². The van der Waals surface area contributed by atoms with E-state index in [0.717, 1.165) is 33.6 Å². The first kappa shape index (κ1) is 27.9. The maximum Gasteiger partial charge on any atom is 0.280 e.